The summed E-state index contributed by atoms with van der Waals surface area (Å²) in [5.41, 5.74) is -1.91. The smallest absolute Gasteiger partial charge is 0.202 e. The van der Waals surface area contributed by atoms with E-state index >= 15 is 0 Å². The summed E-state index contributed by atoms with van der Waals surface area (Å²) < 4.78 is 0. The average Bonchev–Trinajstić information content (AvgIpc) is 2.68. The van der Waals surface area contributed by atoms with Crippen LogP contribution in [0.25, 0.3) is 5.57 Å². The molecule has 2 aliphatic carbocycles. The van der Waals surface area contributed by atoms with Crippen molar-refractivity contribution >= 4 is 17.1 Å². The van der Waals surface area contributed by atoms with Crippen LogP contribution in [0.15, 0.2) is 39.6 Å². The Morgan fingerprint density at radius 1 is 0.500 bits per heavy atom. The minimum absolute atomic E-state index is 0.00414. The van der Waals surface area contributed by atoms with Crippen molar-refractivity contribution in [3.8, 4) is 17.2 Å². The number of benzene rings is 1. The van der Waals surface area contributed by atoms with E-state index in [2.05, 4.69) is 0 Å². The number of rotatable bonds is 1. The molecule has 0 amide bonds. The van der Waals surface area contributed by atoms with Gasteiger partial charge in [-0.3, -0.25) is 9.59 Å². The molecule has 0 fully saturated rings. The van der Waals surface area contributed by atoms with Gasteiger partial charge in [0.2, 0.25) is 5.78 Å². The van der Waals surface area contributed by atoms with Crippen molar-refractivity contribution in [1.29, 1.82) is 0 Å². The molecule has 0 saturated heterocycles. The minimum Gasteiger partial charge on any atom is -0.507 e. The van der Waals surface area contributed by atoms with Crippen LogP contribution in [-0.4, -0.2) is 42.2 Å². The topological polar surface area (TPSA) is 156 Å². The Morgan fingerprint density at radius 3 is 1.43 bits per heavy atom. The molecule has 0 spiro atoms. The van der Waals surface area contributed by atoms with Gasteiger partial charge in [0.25, 0.3) is 0 Å². The maximum atomic E-state index is 12.7. The largest absolute Gasteiger partial charge is 0.507 e. The number of phenols is 3. The van der Waals surface area contributed by atoms with Gasteiger partial charge < -0.3 is 30.6 Å². The average molecular weight is 386 g/mol. The molecule has 6 N–H and O–H groups in total. The third-order valence-electron chi connectivity index (χ3n) is 5.19. The first-order valence-electron chi connectivity index (χ1n) is 8.25. The standard InChI is InChI=1S/C20H18O8/c1-5-13(21)6(2)16(24)9(15(5)23)11-19(27)12(20(11)28)10-17(25)7(3)14(22)8(4)18(10)26/h21-25,27H,1-4H3. The van der Waals surface area contributed by atoms with Gasteiger partial charge in [-0.2, -0.15) is 0 Å². The Morgan fingerprint density at radius 2 is 0.964 bits per heavy atom. The van der Waals surface area contributed by atoms with Gasteiger partial charge in [-0.15, -0.1) is 0 Å². The number of aliphatic hydroxyl groups is 3. The van der Waals surface area contributed by atoms with Gasteiger partial charge in [0, 0.05) is 22.3 Å². The minimum atomic E-state index is -0.885. The molecule has 0 aromatic heterocycles. The zero-order valence-corrected chi connectivity index (χ0v) is 15.5. The number of ketones is 2. The van der Waals surface area contributed by atoms with E-state index in [0.29, 0.717) is 0 Å². The Kier molecular flexibility index (Phi) is 4.03. The van der Waals surface area contributed by atoms with Crippen LogP contribution in [0, 0.1) is 13.8 Å². The van der Waals surface area contributed by atoms with Crippen molar-refractivity contribution < 1.29 is 40.2 Å². The molecule has 2 aliphatic rings. The van der Waals surface area contributed by atoms with Crippen LogP contribution in [0.5, 0.6) is 17.2 Å². The normalized spacial score (nSPS) is 20.3. The maximum Gasteiger partial charge on any atom is 0.202 e. The second-order valence-electron chi connectivity index (χ2n) is 6.75. The zero-order valence-electron chi connectivity index (χ0n) is 15.5. The van der Waals surface area contributed by atoms with Crippen molar-refractivity contribution in [3.05, 3.63) is 56.3 Å². The number of hydrogen-bond acceptors (Lipinski definition) is 8. The molecule has 146 valence electrons. The van der Waals surface area contributed by atoms with Crippen molar-refractivity contribution in [2.45, 2.75) is 27.7 Å². The third-order valence-corrected chi connectivity index (χ3v) is 5.19. The van der Waals surface area contributed by atoms with Gasteiger partial charge in [0.15, 0.2) is 5.78 Å². The summed E-state index contributed by atoms with van der Waals surface area (Å²) in [7, 11) is 0. The molecule has 0 heterocycles. The lowest BCUT2D eigenvalue weighted by Crippen LogP contribution is -2.28. The van der Waals surface area contributed by atoms with Crippen LogP contribution in [0.2, 0.25) is 0 Å². The molecular formula is C20H18O8. The predicted molar refractivity (Wildman–Crippen MR) is 98.2 cm³/mol. The van der Waals surface area contributed by atoms with Gasteiger partial charge in [-0.25, -0.2) is 0 Å². The van der Waals surface area contributed by atoms with E-state index in [1.807, 2.05) is 0 Å². The van der Waals surface area contributed by atoms with Gasteiger partial charge in [0.05, 0.1) is 22.3 Å². The first-order valence-corrected chi connectivity index (χ1v) is 8.25. The highest BCUT2D eigenvalue weighted by Crippen LogP contribution is 2.50. The first kappa shape index (κ1) is 19.1. The van der Waals surface area contributed by atoms with E-state index in [1.54, 1.807) is 0 Å². The number of carbonyl (C=O) groups excluding carboxylic acids is 2. The predicted octanol–water partition coefficient (Wildman–Crippen LogP) is 2.82. The number of aromatic hydroxyl groups is 3. The lowest BCUT2D eigenvalue weighted by Gasteiger charge is -2.28. The molecule has 1 aromatic carbocycles. The first-order chi connectivity index (χ1) is 12.9. The Balaban J connectivity index is 2.31. The lowest BCUT2D eigenvalue weighted by molar-refractivity contribution is -0.114. The van der Waals surface area contributed by atoms with E-state index in [0.717, 1.165) is 0 Å². The van der Waals surface area contributed by atoms with Gasteiger partial charge >= 0.3 is 0 Å². The van der Waals surface area contributed by atoms with Crippen LogP contribution in [0.4, 0.5) is 0 Å². The fraction of sp³-hybridized carbons (Fsp3) is 0.200. The van der Waals surface area contributed by atoms with Gasteiger partial charge in [-0.1, -0.05) is 0 Å². The Bertz CT molecular complexity index is 1100. The molecule has 0 radical (unpaired) electrons. The summed E-state index contributed by atoms with van der Waals surface area (Å²) >= 11 is 0. The van der Waals surface area contributed by atoms with Gasteiger partial charge in [-0.05, 0) is 27.7 Å². The Hall–Kier alpha value is -3.68. The lowest BCUT2D eigenvalue weighted by atomic mass is 9.76. The summed E-state index contributed by atoms with van der Waals surface area (Å²) in [5.74, 6) is -5.03. The molecule has 1 aromatic rings. The summed E-state index contributed by atoms with van der Waals surface area (Å²) in [4.78, 5) is 25.2. The number of hydrogen-bond donors (Lipinski definition) is 6. The second-order valence-corrected chi connectivity index (χ2v) is 6.75. The van der Waals surface area contributed by atoms with Crippen molar-refractivity contribution in [3.63, 3.8) is 0 Å². The molecule has 28 heavy (non-hydrogen) atoms. The summed E-state index contributed by atoms with van der Waals surface area (Å²) in [6.07, 6.45) is 0. The molecule has 8 nitrogen and oxygen atoms in total. The molecule has 0 unspecified atom stereocenters. The number of phenolic OH excluding ortho intramolecular Hbond substituents is 3. The van der Waals surface area contributed by atoms with Crippen LogP contribution < -0.4 is 0 Å². The number of aliphatic hydroxyl groups excluding tert-OH is 3. The molecular weight excluding hydrogens is 368 g/mol. The molecule has 8 heteroatoms. The van der Waals surface area contributed by atoms with E-state index in [1.165, 1.54) is 27.7 Å². The highest BCUT2D eigenvalue weighted by molar-refractivity contribution is 6.42. The van der Waals surface area contributed by atoms with Crippen LogP contribution in [-0.2, 0) is 9.59 Å². The second kappa shape index (κ2) is 5.91. The summed E-state index contributed by atoms with van der Waals surface area (Å²) in [5, 5.41) is 61.0. The van der Waals surface area contributed by atoms with E-state index in [9.17, 15) is 40.2 Å². The maximum absolute atomic E-state index is 12.7. The fourth-order valence-corrected chi connectivity index (χ4v) is 3.31. The summed E-state index contributed by atoms with van der Waals surface area (Å²) in [6, 6.07) is 0. The molecule has 0 bridgehead atoms. The Labute approximate surface area is 159 Å². The third kappa shape index (κ3) is 2.17. The fourth-order valence-electron chi connectivity index (χ4n) is 3.31. The number of allylic oxidation sites excluding steroid dienone is 5. The molecule has 0 aliphatic heterocycles. The van der Waals surface area contributed by atoms with Gasteiger partial charge in [0.1, 0.15) is 34.5 Å². The highest BCUT2D eigenvalue weighted by atomic mass is 16.3. The molecule has 0 atom stereocenters. The van der Waals surface area contributed by atoms with E-state index in [4.69, 9.17) is 0 Å². The van der Waals surface area contributed by atoms with Crippen LogP contribution in [0.1, 0.15) is 30.5 Å². The highest BCUT2D eigenvalue weighted by Gasteiger charge is 2.44. The zero-order chi connectivity index (χ0) is 21.2. The van der Waals surface area contributed by atoms with Crippen LogP contribution in [0.3, 0.4) is 0 Å². The number of Topliss-reactive ketones (excluding diaryl/α,β-unsaturated/α-hetero) is 2. The molecule has 0 saturated carbocycles. The summed E-state index contributed by atoms with van der Waals surface area (Å²) in [6.45, 7) is 5.38. The van der Waals surface area contributed by atoms with E-state index < -0.39 is 57.1 Å². The van der Waals surface area contributed by atoms with Crippen molar-refractivity contribution in [2.75, 3.05) is 0 Å². The quantitative estimate of drug-likeness (QED) is 0.402. The van der Waals surface area contributed by atoms with E-state index in [-0.39, 0.29) is 33.6 Å². The molecule has 3 rings (SSSR count). The number of carbonyl (C=O) groups is 2. The van der Waals surface area contributed by atoms with Crippen molar-refractivity contribution in [2.24, 2.45) is 0 Å². The van der Waals surface area contributed by atoms with Crippen LogP contribution >= 0.6 is 0 Å². The monoisotopic (exact) mass is 386 g/mol. The SMILES string of the molecule is CC1=C(O)C(C)=C(O)C(=C2C(=O)C(c3c(O)c(C)c(O)c(C)c3O)=C2O)C1=O. The van der Waals surface area contributed by atoms with Crippen molar-refractivity contribution in [1.82, 2.24) is 0 Å².